The Kier molecular flexibility index (Phi) is 4.50. The van der Waals surface area contributed by atoms with E-state index in [0.717, 1.165) is 0 Å². The Balaban J connectivity index is 1.92. The molecular formula is C13H13NO6S3. The lowest BCUT2D eigenvalue weighted by Gasteiger charge is -2.33. The van der Waals surface area contributed by atoms with Gasteiger partial charge in [0.15, 0.2) is 22.8 Å². The molecule has 3 rings (SSSR count). The Labute approximate surface area is 142 Å². The molecular weight excluding hydrogens is 362 g/mol. The lowest BCUT2D eigenvalue weighted by molar-refractivity contribution is -0.165. The van der Waals surface area contributed by atoms with E-state index in [1.807, 2.05) is 0 Å². The fourth-order valence-electron chi connectivity index (χ4n) is 2.16. The quantitative estimate of drug-likeness (QED) is 0.470. The lowest BCUT2D eigenvalue weighted by atomic mass is 10.2. The van der Waals surface area contributed by atoms with Gasteiger partial charge in [-0.05, 0) is 18.4 Å². The van der Waals surface area contributed by atoms with Crippen molar-refractivity contribution in [2.45, 2.75) is 29.2 Å². The smallest absolute Gasteiger partial charge is 0.361 e. The Morgan fingerprint density at radius 3 is 2.91 bits per heavy atom. The summed E-state index contributed by atoms with van der Waals surface area (Å²) in [5.41, 5.74) is -0.0174. The molecule has 7 nitrogen and oxygen atoms in total. The molecule has 0 radical (unpaired) electrons. The van der Waals surface area contributed by atoms with Gasteiger partial charge in [0.2, 0.25) is 5.91 Å². The van der Waals surface area contributed by atoms with Crippen LogP contribution in [0.4, 0.5) is 0 Å². The van der Waals surface area contributed by atoms with Crippen molar-refractivity contribution >= 4 is 45.8 Å². The van der Waals surface area contributed by atoms with E-state index in [9.17, 15) is 18.9 Å². The summed E-state index contributed by atoms with van der Waals surface area (Å²) in [6.07, 6.45) is 0.546. The number of carbonyl (C=O) groups excluding carboxylic acids is 2. The third-order valence-electron chi connectivity index (χ3n) is 3.11. The number of hydrogen-bond acceptors (Lipinski definition) is 8. The van der Waals surface area contributed by atoms with Crippen LogP contribution in [0.2, 0.25) is 0 Å². The molecule has 2 aliphatic rings. The average Bonchev–Trinajstić information content (AvgIpc) is 3.00. The van der Waals surface area contributed by atoms with E-state index in [1.165, 1.54) is 41.2 Å². The van der Waals surface area contributed by atoms with Crippen molar-refractivity contribution in [3.63, 3.8) is 0 Å². The molecule has 3 heterocycles. The number of thioether (sulfide) groups is 1. The molecule has 124 valence electrons. The molecule has 0 bridgehead atoms. The highest BCUT2D eigenvalue weighted by atomic mass is 32.2. The minimum atomic E-state index is -1.29. The zero-order valence-electron chi connectivity index (χ0n) is 12.2. The fraction of sp³-hybridized carbons (Fsp3) is 0.385. The monoisotopic (exact) mass is 375 g/mol. The van der Waals surface area contributed by atoms with Crippen LogP contribution in [-0.4, -0.2) is 44.0 Å². The van der Waals surface area contributed by atoms with Crippen LogP contribution in [0, 0.1) is 0 Å². The van der Waals surface area contributed by atoms with Gasteiger partial charge in [0.25, 0.3) is 0 Å². The number of aliphatic hydroxyl groups excluding tert-OH is 1. The zero-order valence-corrected chi connectivity index (χ0v) is 14.6. The number of β-lactam (4-membered cyclic amide) rings is 1. The molecule has 0 saturated carbocycles. The molecule has 0 aromatic carbocycles. The molecule has 1 amide bonds. The van der Waals surface area contributed by atoms with Crippen molar-refractivity contribution in [1.82, 2.24) is 4.90 Å². The molecule has 0 spiro atoms. The summed E-state index contributed by atoms with van der Waals surface area (Å²) >= 11 is 2.52. The summed E-state index contributed by atoms with van der Waals surface area (Å²) in [5.74, 6) is -0.647. The van der Waals surface area contributed by atoms with Gasteiger partial charge in [0.05, 0.1) is 22.6 Å². The standard InChI is InChI=1S/C13H13NO6S3/c1-6(15)19-11(17)10-12(22-9-5-8(16)14(9)10)20-7-3-4-21-13(7)23(2)18/h3-4,6,9,15H,5H2,1-2H3/t6-,9-,23?/m1/s1. The maximum Gasteiger partial charge on any atom is 0.361 e. The van der Waals surface area contributed by atoms with Crippen LogP contribution < -0.4 is 4.74 Å². The lowest BCUT2D eigenvalue weighted by Crippen LogP contribution is -2.48. The number of hydrogen-bond donors (Lipinski definition) is 1. The molecule has 1 saturated heterocycles. The molecule has 1 N–H and O–H groups in total. The molecule has 3 atom stereocenters. The van der Waals surface area contributed by atoms with Crippen LogP contribution in [0.1, 0.15) is 13.3 Å². The van der Waals surface area contributed by atoms with Gasteiger partial charge in [0.1, 0.15) is 4.21 Å². The third-order valence-corrected chi connectivity index (χ3v) is 6.66. The summed E-state index contributed by atoms with van der Waals surface area (Å²) in [6.45, 7) is 1.30. The van der Waals surface area contributed by atoms with E-state index in [2.05, 4.69) is 0 Å². The Hall–Kier alpha value is -1.36. The Bertz CT molecular complexity index is 725. The Morgan fingerprint density at radius 2 is 2.30 bits per heavy atom. The summed E-state index contributed by atoms with van der Waals surface area (Å²) in [4.78, 5) is 25.2. The van der Waals surface area contributed by atoms with E-state index >= 15 is 0 Å². The molecule has 1 aromatic rings. The van der Waals surface area contributed by atoms with E-state index in [4.69, 9.17) is 9.47 Å². The molecule has 1 unspecified atom stereocenters. The van der Waals surface area contributed by atoms with Gasteiger partial charge in [-0.2, -0.15) is 0 Å². The molecule has 0 aliphatic carbocycles. The van der Waals surface area contributed by atoms with Gasteiger partial charge < -0.3 is 14.6 Å². The summed E-state index contributed by atoms with van der Waals surface area (Å²) in [5, 5.41) is 11.0. The average molecular weight is 375 g/mol. The van der Waals surface area contributed by atoms with Crippen molar-refractivity contribution in [3.05, 3.63) is 22.2 Å². The highest BCUT2D eigenvalue weighted by molar-refractivity contribution is 8.03. The van der Waals surface area contributed by atoms with Gasteiger partial charge in [0, 0.05) is 6.26 Å². The van der Waals surface area contributed by atoms with Crippen molar-refractivity contribution in [2.75, 3.05) is 6.26 Å². The fourth-order valence-corrected chi connectivity index (χ4v) is 5.04. The summed E-state index contributed by atoms with van der Waals surface area (Å²) in [7, 11) is -1.22. The van der Waals surface area contributed by atoms with Gasteiger partial charge in [-0.1, -0.05) is 11.8 Å². The highest BCUT2D eigenvalue weighted by Gasteiger charge is 2.50. The number of esters is 1. The van der Waals surface area contributed by atoms with Crippen LogP contribution in [0.3, 0.4) is 0 Å². The maximum atomic E-state index is 12.2. The van der Waals surface area contributed by atoms with Gasteiger partial charge in [-0.3, -0.25) is 13.9 Å². The topological polar surface area (TPSA) is 93.1 Å². The second kappa shape index (κ2) is 6.27. The SMILES string of the molecule is C[C@H](O)OC(=O)C1=C(Oc2ccsc2S(C)=O)S[C@@H]2CC(=O)N12. The predicted octanol–water partition coefficient (Wildman–Crippen LogP) is 1.22. The summed E-state index contributed by atoms with van der Waals surface area (Å²) < 4.78 is 22.7. The van der Waals surface area contributed by atoms with Crippen LogP contribution in [0.5, 0.6) is 5.75 Å². The first-order valence-corrected chi connectivity index (χ1v) is 9.91. The Morgan fingerprint density at radius 1 is 1.57 bits per heavy atom. The number of carbonyl (C=O) groups is 2. The second-order valence-electron chi connectivity index (χ2n) is 4.81. The van der Waals surface area contributed by atoms with Gasteiger partial charge >= 0.3 is 5.97 Å². The number of thiophene rings is 1. The first-order chi connectivity index (χ1) is 10.9. The minimum absolute atomic E-state index is 0.0174. The van der Waals surface area contributed by atoms with Crippen molar-refractivity contribution in [3.8, 4) is 5.75 Å². The molecule has 2 aliphatic heterocycles. The van der Waals surface area contributed by atoms with Crippen LogP contribution >= 0.6 is 23.1 Å². The first kappa shape index (κ1) is 16.5. The van der Waals surface area contributed by atoms with E-state index in [1.54, 1.807) is 11.4 Å². The first-order valence-electron chi connectivity index (χ1n) is 6.59. The molecule has 10 heteroatoms. The molecule has 1 fully saturated rings. The van der Waals surface area contributed by atoms with E-state index < -0.39 is 23.1 Å². The number of rotatable bonds is 5. The number of nitrogens with zero attached hydrogens (tertiary/aromatic N) is 1. The van der Waals surface area contributed by atoms with Crippen LogP contribution in [0.15, 0.2) is 26.4 Å². The second-order valence-corrected chi connectivity index (χ2v) is 8.45. The minimum Gasteiger partial charge on any atom is -0.446 e. The number of amides is 1. The largest absolute Gasteiger partial charge is 0.446 e. The zero-order chi connectivity index (χ0) is 16.7. The van der Waals surface area contributed by atoms with E-state index in [0.29, 0.717) is 16.4 Å². The third kappa shape index (κ3) is 3.03. The molecule has 1 aromatic heterocycles. The number of aliphatic hydroxyl groups is 1. The normalized spacial score (nSPS) is 22.5. The summed E-state index contributed by atoms with van der Waals surface area (Å²) in [6, 6.07) is 1.66. The maximum absolute atomic E-state index is 12.2. The van der Waals surface area contributed by atoms with Crippen LogP contribution in [0.25, 0.3) is 0 Å². The van der Waals surface area contributed by atoms with Crippen molar-refractivity contribution in [1.29, 1.82) is 0 Å². The van der Waals surface area contributed by atoms with Gasteiger partial charge in [-0.25, -0.2) is 4.79 Å². The van der Waals surface area contributed by atoms with Crippen LogP contribution in [-0.2, 0) is 25.1 Å². The van der Waals surface area contributed by atoms with Crippen molar-refractivity contribution in [2.24, 2.45) is 0 Å². The predicted molar refractivity (Wildman–Crippen MR) is 84.9 cm³/mol. The van der Waals surface area contributed by atoms with E-state index in [-0.39, 0.29) is 22.1 Å². The number of ether oxygens (including phenoxy) is 2. The van der Waals surface area contributed by atoms with Crippen molar-refractivity contribution < 1.29 is 28.4 Å². The number of fused-ring (bicyclic) bond motifs is 1. The highest BCUT2D eigenvalue weighted by Crippen LogP contribution is 2.47. The molecule has 23 heavy (non-hydrogen) atoms. The van der Waals surface area contributed by atoms with Gasteiger partial charge in [-0.15, -0.1) is 11.3 Å².